The van der Waals surface area contributed by atoms with Crippen LogP contribution >= 0.6 is 0 Å². The van der Waals surface area contributed by atoms with Crippen LogP contribution in [0.2, 0.25) is 0 Å². The first-order valence-electron chi connectivity index (χ1n) is 4.54. The van der Waals surface area contributed by atoms with Crippen LogP contribution in [0, 0.1) is 11.8 Å². The van der Waals surface area contributed by atoms with Crippen molar-refractivity contribution in [1.29, 1.82) is 0 Å². The van der Waals surface area contributed by atoms with Crippen molar-refractivity contribution in [2.24, 2.45) is 4.99 Å². The van der Waals surface area contributed by atoms with E-state index >= 15 is 0 Å². The first kappa shape index (κ1) is 8.71. The molecule has 0 aliphatic carbocycles. The van der Waals surface area contributed by atoms with Crippen molar-refractivity contribution in [2.45, 2.75) is 6.42 Å². The summed E-state index contributed by atoms with van der Waals surface area (Å²) in [7, 11) is 0. The minimum absolute atomic E-state index is 0.764. The van der Waals surface area contributed by atoms with E-state index in [1.54, 1.807) is 12.4 Å². The van der Waals surface area contributed by atoms with Crippen molar-refractivity contribution in [3.05, 3.63) is 41.7 Å². The van der Waals surface area contributed by atoms with Crippen molar-refractivity contribution in [3.8, 4) is 11.8 Å². The summed E-state index contributed by atoms with van der Waals surface area (Å²) in [6.45, 7) is 0.764. The van der Waals surface area contributed by atoms with Gasteiger partial charge in [-0.05, 0) is 12.1 Å². The summed E-state index contributed by atoms with van der Waals surface area (Å²) >= 11 is 0. The zero-order valence-corrected chi connectivity index (χ0v) is 7.77. The van der Waals surface area contributed by atoms with E-state index in [9.17, 15) is 0 Å². The summed E-state index contributed by atoms with van der Waals surface area (Å²) in [5.74, 6) is 6.22. The SMILES string of the molecule is C(#Cc1ccncc1)C1=CCN=CC1. The Morgan fingerprint density at radius 1 is 1.14 bits per heavy atom. The molecule has 0 unspecified atom stereocenters. The van der Waals surface area contributed by atoms with E-state index in [4.69, 9.17) is 0 Å². The largest absolute Gasteiger partial charge is 0.293 e. The summed E-state index contributed by atoms with van der Waals surface area (Å²) in [4.78, 5) is 8.04. The van der Waals surface area contributed by atoms with Crippen LogP contribution in [0.5, 0.6) is 0 Å². The van der Waals surface area contributed by atoms with Gasteiger partial charge in [0.15, 0.2) is 0 Å². The second-order valence-electron chi connectivity index (χ2n) is 2.97. The zero-order valence-electron chi connectivity index (χ0n) is 7.77. The van der Waals surface area contributed by atoms with Crippen molar-refractivity contribution in [1.82, 2.24) is 4.98 Å². The highest BCUT2D eigenvalue weighted by molar-refractivity contribution is 5.65. The Kier molecular flexibility index (Phi) is 2.73. The number of aromatic nitrogens is 1. The number of dihydropyridines is 1. The monoisotopic (exact) mass is 182 g/mol. The van der Waals surface area contributed by atoms with E-state index < -0.39 is 0 Å². The van der Waals surface area contributed by atoms with Crippen LogP contribution in [-0.2, 0) is 0 Å². The smallest absolute Gasteiger partial charge is 0.0578 e. The zero-order chi connectivity index (χ0) is 9.64. The molecule has 2 nitrogen and oxygen atoms in total. The van der Waals surface area contributed by atoms with Crippen LogP contribution in [0.25, 0.3) is 0 Å². The van der Waals surface area contributed by atoms with E-state index in [1.165, 1.54) is 0 Å². The van der Waals surface area contributed by atoms with Crippen LogP contribution in [-0.4, -0.2) is 17.7 Å². The average Bonchev–Trinajstić information content (AvgIpc) is 2.29. The molecule has 0 fully saturated rings. The van der Waals surface area contributed by atoms with Crippen LogP contribution in [0.1, 0.15) is 12.0 Å². The first-order chi connectivity index (χ1) is 6.95. The van der Waals surface area contributed by atoms with E-state index in [2.05, 4.69) is 27.9 Å². The molecule has 1 aliphatic heterocycles. The standard InChI is InChI=1S/C12H10N2/c1(11-3-7-13-8-4-11)2-12-5-9-14-10-6-12/h3-5,7-8,10H,6,9H2. The van der Waals surface area contributed by atoms with Gasteiger partial charge in [0.25, 0.3) is 0 Å². The van der Waals surface area contributed by atoms with Gasteiger partial charge in [0.05, 0.1) is 6.54 Å². The Labute approximate surface area is 83.4 Å². The normalized spacial score (nSPS) is 14.1. The second kappa shape index (κ2) is 4.38. The highest BCUT2D eigenvalue weighted by Gasteiger charge is 1.93. The molecule has 0 bridgehead atoms. The molecule has 2 heteroatoms. The topological polar surface area (TPSA) is 25.2 Å². The lowest BCUT2D eigenvalue weighted by atomic mass is 10.1. The maximum Gasteiger partial charge on any atom is 0.0578 e. The van der Waals surface area contributed by atoms with Crippen LogP contribution < -0.4 is 0 Å². The molecule has 0 atom stereocenters. The lowest BCUT2D eigenvalue weighted by Crippen LogP contribution is -1.91. The number of pyridine rings is 1. The Hall–Kier alpha value is -1.88. The molecule has 1 aliphatic rings. The fourth-order valence-electron chi connectivity index (χ4n) is 1.17. The fraction of sp³-hybridized carbons (Fsp3) is 0.167. The maximum atomic E-state index is 4.10. The van der Waals surface area contributed by atoms with E-state index in [-0.39, 0.29) is 0 Å². The molecule has 0 spiro atoms. The van der Waals surface area contributed by atoms with Crippen LogP contribution in [0.4, 0.5) is 0 Å². The number of aliphatic imine (C=N–C) groups is 1. The molecule has 14 heavy (non-hydrogen) atoms. The highest BCUT2D eigenvalue weighted by Crippen LogP contribution is 2.02. The Morgan fingerprint density at radius 2 is 2.00 bits per heavy atom. The molecule has 0 N–H and O–H groups in total. The number of hydrogen-bond acceptors (Lipinski definition) is 2. The average molecular weight is 182 g/mol. The van der Waals surface area contributed by atoms with Crippen molar-refractivity contribution in [3.63, 3.8) is 0 Å². The Balaban J connectivity index is 2.11. The number of nitrogens with zero attached hydrogens (tertiary/aromatic N) is 2. The van der Waals surface area contributed by atoms with Gasteiger partial charge in [-0.25, -0.2) is 0 Å². The molecule has 0 radical (unpaired) electrons. The van der Waals surface area contributed by atoms with Gasteiger partial charge in [0.1, 0.15) is 0 Å². The van der Waals surface area contributed by atoms with Crippen molar-refractivity contribution in [2.75, 3.05) is 6.54 Å². The molecule has 68 valence electrons. The van der Waals surface area contributed by atoms with Crippen LogP contribution in [0.3, 0.4) is 0 Å². The third-order valence-corrected chi connectivity index (χ3v) is 1.93. The van der Waals surface area contributed by atoms with Gasteiger partial charge in [-0.15, -0.1) is 0 Å². The molecule has 0 aromatic carbocycles. The van der Waals surface area contributed by atoms with Gasteiger partial charge in [0.2, 0.25) is 0 Å². The molecular weight excluding hydrogens is 172 g/mol. The molecule has 0 saturated carbocycles. The third-order valence-electron chi connectivity index (χ3n) is 1.93. The quantitative estimate of drug-likeness (QED) is 0.562. The third kappa shape index (κ3) is 2.30. The highest BCUT2D eigenvalue weighted by atomic mass is 14.7. The van der Waals surface area contributed by atoms with Crippen LogP contribution in [0.15, 0.2) is 41.2 Å². The van der Waals surface area contributed by atoms with E-state index in [0.717, 1.165) is 24.1 Å². The summed E-state index contributed by atoms with van der Waals surface area (Å²) < 4.78 is 0. The summed E-state index contributed by atoms with van der Waals surface area (Å²) in [6, 6.07) is 3.81. The number of hydrogen-bond donors (Lipinski definition) is 0. The molecule has 0 amide bonds. The van der Waals surface area contributed by atoms with Gasteiger partial charge in [-0.2, -0.15) is 0 Å². The predicted molar refractivity (Wildman–Crippen MR) is 57.2 cm³/mol. The van der Waals surface area contributed by atoms with Gasteiger partial charge in [0, 0.05) is 36.2 Å². The maximum absolute atomic E-state index is 4.10. The summed E-state index contributed by atoms with van der Waals surface area (Å²) in [5.41, 5.74) is 2.15. The summed E-state index contributed by atoms with van der Waals surface area (Å²) in [6.07, 6.45) is 8.34. The lowest BCUT2D eigenvalue weighted by molar-refractivity contribution is 1.16. The van der Waals surface area contributed by atoms with Gasteiger partial charge < -0.3 is 0 Å². The van der Waals surface area contributed by atoms with Gasteiger partial charge in [-0.3, -0.25) is 9.98 Å². The molecule has 1 aromatic heterocycles. The minimum Gasteiger partial charge on any atom is -0.293 e. The van der Waals surface area contributed by atoms with Crippen molar-refractivity contribution >= 4 is 6.21 Å². The second-order valence-corrected chi connectivity index (χ2v) is 2.97. The Morgan fingerprint density at radius 3 is 2.71 bits per heavy atom. The number of allylic oxidation sites excluding steroid dienone is 1. The Bertz CT molecular complexity index is 419. The molecular formula is C12H10N2. The molecule has 0 saturated heterocycles. The lowest BCUT2D eigenvalue weighted by Gasteiger charge is -1.98. The van der Waals surface area contributed by atoms with E-state index in [1.807, 2.05) is 18.3 Å². The summed E-state index contributed by atoms with van der Waals surface area (Å²) in [5, 5.41) is 0. The fourth-order valence-corrected chi connectivity index (χ4v) is 1.17. The molecule has 2 heterocycles. The van der Waals surface area contributed by atoms with Gasteiger partial charge >= 0.3 is 0 Å². The first-order valence-corrected chi connectivity index (χ1v) is 4.54. The predicted octanol–water partition coefficient (Wildman–Crippen LogP) is 1.83. The molecule has 1 aromatic rings. The molecule has 2 rings (SSSR count). The van der Waals surface area contributed by atoms with E-state index in [0.29, 0.717) is 0 Å². The minimum atomic E-state index is 0.764. The number of rotatable bonds is 0. The van der Waals surface area contributed by atoms with Crippen molar-refractivity contribution < 1.29 is 0 Å². The van der Waals surface area contributed by atoms with Gasteiger partial charge in [-0.1, -0.05) is 17.9 Å².